The third-order valence-electron chi connectivity index (χ3n) is 4.06. The fourth-order valence-electron chi connectivity index (χ4n) is 2.59. The zero-order valence-electron chi connectivity index (χ0n) is 14.7. The van der Waals surface area contributed by atoms with E-state index in [1.54, 1.807) is 12.1 Å². The van der Waals surface area contributed by atoms with Crippen LogP contribution in [0.1, 0.15) is 15.9 Å². The molecule has 10 heteroatoms. The summed E-state index contributed by atoms with van der Waals surface area (Å²) in [6.45, 7) is 1.24. The van der Waals surface area contributed by atoms with Crippen LogP contribution >= 0.6 is 15.9 Å². The maximum atomic E-state index is 12.7. The Bertz CT molecular complexity index is 1000. The summed E-state index contributed by atoms with van der Waals surface area (Å²) in [5.74, 6) is -0.551. The maximum Gasteiger partial charge on any atom is 0.271 e. The van der Waals surface area contributed by atoms with Crippen LogP contribution in [0.3, 0.4) is 0 Å². The van der Waals surface area contributed by atoms with Gasteiger partial charge in [0.1, 0.15) is 5.75 Å². The van der Waals surface area contributed by atoms with Crippen molar-refractivity contribution in [1.82, 2.24) is 9.73 Å². The van der Waals surface area contributed by atoms with Gasteiger partial charge in [-0.2, -0.15) is 9.41 Å². The Hall–Kier alpha value is -2.27. The lowest BCUT2D eigenvalue weighted by Gasteiger charge is -2.26. The van der Waals surface area contributed by atoms with Crippen molar-refractivity contribution in [1.29, 1.82) is 0 Å². The standard InChI is InChI=1S/C18H18BrN3O5S/c19-15-4-5-17(23)14(10-15)12-20-21-18(24)13-2-1-3-16(11-13)28(25,26)22-6-8-27-9-7-22/h1-5,10-12,23H,6-9H2,(H,21,24)/b20-12+. The van der Waals surface area contributed by atoms with Crippen molar-refractivity contribution < 1.29 is 23.1 Å². The topological polar surface area (TPSA) is 108 Å². The molecule has 8 nitrogen and oxygen atoms in total. The van der Waals surface area contributed by atoms with Gasteiger partial charge in [0.15, 0.2) is 0 Å². The normalized spacial score (nSPS) is 15.6. The summed E-state index contributed by atoms with van der Waals surface area (Å²) in [6, 6.07) is 10.6. The second-order valence-electron chi connectivity index (χ2n) is 5.95. The fraction of sp³-hybridized carbons (Fsp3) is 0.222. The zero-order chi connectivity index (χ0) is 20.1. The molecule has 1 amide bonds. The quantitative estimate of drug-likeness (QED) is 0.515. The van der Waals surface area contributed by atoms with Crippen molar-refractivity contribution in [2.75, 3.05) is 26.3 Å². The number of sulfonamides is 1. The van der Waals surface area contributed by atoms with E-state index in [1.165, 1.54) is 40.9 Å². The number of hydrazone groups is 1. The van der Waals surface area contributed by atoms with Crippen molar-refractivity contribution in [3.8, 4) is 5.75 Å². The largest absolute Gasteiger partial charge is 0.507 e. The van der Waals surface area contributed by atoms with E-state index in [-0.39, 0.29) is 29.3 Å². The molecule has 148 valence electrons. The Morgan fingerprint density at radius 2 is 1.96 bits per heavy atom. The van der Waals surface area contributed by atoms with Crippen LogP contribution in [0.2, 0.25) is 0 Å². The molecule has 1 fully saturated rings. The number of ether oxygens (including phenoxy) is 1. The van der Waals surface area contributed by atoms with Crippen LogP contribution < -0.4 is 5.43 Å². The van der Waals surface area contributed by atoms with Gasteiger partial charge >= 0.3 is 0 Å². The summed E-state index contributed by atoms with van der Waals surface area (Å²) < 4.78 is 32.7. The van der Waals surface area contributed by atoms with Gasteiger partial charge < -0.3 is 9.84 Å². The number of amides is 1. The zero-order valence-corrected chi connectivity index (χ0v) is 17.1. The first kappa shape index (κ1) is 20.5. The number of hydrogen-bond donors (Lipinski definition) is 2. The van der Waals surface area contributed by atoms with Gasteiger partial charge in [-0.3, -0.25) is 4.79 Å². The van der Waals surface area contributed by atoms with Gasteiger partial charge in [0.05, 0.1) is 24.3 Å². The molecule has 0 unspecified atom stereocenters. The molecule has 2 aromatic rings. The number of halogens is 1. The van der Waals surface area contributed by atoms with Gasteiger partial charge in [-0.15, -0.1) is 0 Å². The molecule has 28 heavy (non-hydrogen) atoms. The van der Waals surface area contributed by atoms with Crippen LogP contribution in [0, 0.1) is 0 Å². The molecule has 0 saturated carbocycles. The molecular weight excluding hydrogens is 450 g/mol. The van der Waals surface area contributed by atoms with E-state index < -0.39 is 15.9 Å². The van der Waals surface area contributed by atoms with Crippen molar-refractivity contribution in [2.24, 2.45) is 5.10 Å². The summed E-state index contributed by atoms with van der Waals surface area (Å²) in [4.78, 5) is 12.4. The molecular formula is C18H18BrN3O5S. The average Bonchev–Trinajstić information content (AvgIpc) is 2.71. The fourth-order valence-corrected chi connectivity index (χ4v) is 4.42. The van der Waals surface area contributed by atoms with Crippen molar-refractivity contribution >= 4 is 38.1 Å². The maximum absolute atomic E-state index is 12.7. The second kappa shape index (κ2) is 8.82. The van der Waals surface area contributed by atoms with E-state index in [0.717, 1.165) is 4.47 Å². The number of benzene rings is 2. The highest BCUT2D eigenvalue weighted by Crippen LogP contribution is 2.20. The van der Waals surface area contributed by atoms with Crippen LogP contribution in [0.5, 0.6) is 5.75 Å². The number of nitrogens with one attached hydrogen (secondary N) is 1. The molecule has 1 aliphatic rings. The first-order chi connectivity index (χ1) is 13.4. The van der Waals surface area contributed by atoms with Gasteiger partial charge in [-0.25, -0.2) is 13.8 Å². The first-order valence-corrected chi connectivity index (χ1v) is 10.6. The lowest BCUT2D eigenvalue weighted by atomic mass is 10.2. The first-order valence-electron chi connectivity index (χ1n) is 8.38. The van der Waals surface area contributed by atoms with Crippen LogP contribution in [-0.4, -0.2) is 56.3 Å². The predicted molar refractivity (Wildman–Crippen MR) is 107 cm³/mol. The number of carbonyl (C=O) groups is 1. The summed E-state index contributed by atoms with van der Waals surface area (Å²) in [5, 5.41) is 13.6. The van der Waals surface area contributed by atoms with E-state index in [2.05, 4.69) is 26.5 Å². The number of phenolic OH excluding ortho intramolecular Hbond substituents is 1. The Balaban J connectivity index is 1.73. The van der Waals surface area contributed by atoms with E-state index in [9.17, 15) is 18.3 Å². The summed E-state index contributed by atoms with van der Waals surface area (Å²) in [6.07, 6.45) is 1.30. The van der Waals surface area contributed by atoms with Crippen LogP contribution in [-0.2, 0) is 14.8 Å². The molecule has 2 aromatic carbocycles. The summed E-state index contributed by atoms with van der Waals surface area (Å²) >= 11 is 3.28. The van der Waals surface area contributed by atoms with E-state index >= 15 is 0 Å². The number of nitrogens with zero attached hydrogens (tertiary/aromatic N) is 2. The van der Waals surface area contributed by atoms with Crippen molar-refractivity contribution in [2.45, 2.75) is 4.90 Å². The molecule has 0 bridgehead atoms. The van der Waals surface area contributed by atoms with Crippen LogP contribution in [0.25, 0.3) is 0 Å². The van der Waals surface area contributed by atoms with Gasteiger partial charge in [-0.05, 0) is 36.4 Å². The number of morpholine rings is 1. The number of hydrogen-bond acceptors (Lipinski definition) is 6. The molecule has 0 aliphatic carbocycles. The number of aromatic hydroxyl groups is 1. The Kier molecular flexibility index (Phi) is 6.45. The summed E-state index contributed by atoms with van der Waals surface area (Å²) in [5.41, 5.74) is 2.90. The molecule has 2 N–H and O–H groups in total. The molecule has 0 atom stereocenters. The molecule has 1 saturated heterocycles. The third kappa shape index (κ3) is 4.76. The Morgan fingerprint density at radius 1 is 1.21 bits per heavy atom. The van der Waals surface area contributed by atoms with E-state index in [1.807, 2.05) is 0 Å². The van der Waals surface area contributed by atoms with E-state index in [4.69, 9.17) is 4.74 Å². The smallest absolute Gasteiger partial charge is 0.271 e. The van der Waals surface area contributed by atoms with Crippen LogP contribution in [0.4, 0.5) is 0 Å². The monoisotopic (exact) mass is 467 g/mol. The minimum absolute atomic E-state index is 0.0137. The molecule has 0 radical (unpaired) electrons. The minimum atomic E-state index is -3.70. The van der Waals surface area contributed by atoms with Gasteiger partial charge in [0.25, 0.3) is 5.91 Å². The summed E-state index contributed by atoms with van der Waals surface area (Å²) in [7, 11) is -3.70. The highest BCUT2D eigenvalue weighted by molar-refractivity contribution is 9.10. The molecule has 0 spiro atoms. The Labute approximate surface area is 171 Å². The van der Waals surface area contributed by atoms with Gasteiger partial charge in [0, 0.05) is 28.7 Å². The minimum Gasteiger partial charge on any atom is -0.507 e. The van der Waals surface area contributed by atoms with Crippen LogP contribution in [0.15, 0.2) is 56.9 Å². The van der Waals surface area contributed by atoms with Crippen molar-refractivity contribution in [3.05, 3.63) is 58.1 Å². The predicted octanol–water partition coefficient (Wildman–Crippen LogP) is 1.94. The molecule has 0 aromatic heterocycles. The van der Waals surface area contributed by atoms with Crippen molar-refractivity contribution in [3.63, 3.8) is 0 Å². The highest BCUT2D eigenvalue weighted by atomic mass is 79.9. The SMILES string of the molecule is O=C(N/N=C/c1cc(Br)ccc1O)c1cccc(S(=O)(=O)N2CCOCC2)c1. The number of rotatable bonds is 5. The molecule has 1 heterocycles. The highest BCUT2D eigenvalue weighted by Gasteiger charge is 2.26. The third-order valence-corrected chi connectivity index (χ3v) is 6.45. The molecule has 3 rings (SSSR count). The van der Waals surface area contributed by atoms with E-state index in [0.29, 0.717) is 18.8 Å². The molecule has 1 aliphatic heterocycles. The second-order valence-corrected chi connectivity index (χ2v) is 8.80. The average molecular weight is 468 g/mol. The number of phenols is 1. The lowest BCUT2D eigenvalue weighted by Crippen LogP contribution is -2.40. The lowest BCUT2D eigenvalue weighted by molar-refractivity contribution is 0.0730. The van der Waals surface area contributed by atoms with Gasteiger partial charge in [0.2, 0.25) is 10.0 Å². The number of carbonyl (C=O) groups excluding carboxylic acids is 1. The van der Waals surface area contributed by atoms with Gasteiger partial charge in [-0.1, -0.05) is 22.0 Å². The Morgan fingerprint density at radius 3 is 2.71 bits per heavy atom.